The molecule has 0 aromatic rings. The van der Waals surface area contributed by atoms with Crippen molar-refractivity contribution in [3.8, 4) is 0 Å². The van der Waals surface area contributed by atoms with Gasteiger partial charge in [0.25, 0.3) is 0 Å². The van der Waals surface area contributed by atoms with E-state index in [1.165, 1.54) is 0 Å². The summed E-state index contributed by atoms with van der Waals surface area (Å²) in [5.41, 5.74) is 0. The van der Waals surface area contributed by atoms with E-state index in [1.54, 1.807) is 7.11 Å². The van der Waals surface area contributed by atoms with Crippen LogP contribution in [0.2, 0.25) is 0 Å². The third-order valence-electron chi connectivity index (χ3n) is 1.72. The minimum atomic E-state index is -2.84. The number of rotatable bonds is 10. The van der Waals surface area contributed by atoms with E-state index in [-0.39, 0.29) is 0 Å². The zero-order valence-electron chi connectivity index (χ0n) is 9.82. The first-order valence-electron chi connectivity index (χ1n) is 5.32. The van der Waals surface area contributed by atoms with Gasteiger partial charge in [0.1, 0.15) is 0 Å². The van der Waals surface area contributed by atoms with Crippen LogP contribution in [0.1, 0.15) is 26.7 Å². The molecular formula is C9H22O4SSi. The molecule has 0 aliphatic heterocycles. The first-order chi connectivity index (χ1) is 7.24. The lowest BCUT2D eigenvalue weighted by Crippen LogP contribution is -2.48. The largest absolute Gasteiger partial charge is 0.679 e. The molecule has 0 aromatic heterocycles. The number of unbranched alkanes of at least 4 members (excludes halogenated alkanes) is 1. The predicted molar refractivity (Wildman–Crippen MR) is 65.1 cm³/mol. The molecular weight excluding hydrogens is 232 g/mol. The summed E-state index contributed by atoms with van der Waals surface area (Å²) in [5.74, 6) is 0.869. The van der Waals surface area contributed by atoms with Crippen LogP contribution in [0.5, 0.6) is 0 Å². The Bertz CT molecular complexity index is 142. The zero-order valence-corrected chi connectivity index (χ0v) is 11.7. The van der Waals surface area contributed by atoms with Gasteiger partial charge >= 0.3 is 9.05 Å². The van der Waals surface area contributed by atoms with E-state index < -0.39 is 9.05 Å². The Morgan fingerprint density at radius 1 is 1.00 bits per heavy atom. The van der Waals surface area contributed by atoms with Crippen molar-refractivity contribution < 1.29 is 17.7 Å². The minimum Gasteiger partial charge on any atom is -0.355 e. The lowest BCUT2D eigenvalue weighted by molar-refractivity contribution is -0.0174. The molecule has 0 amide bonds. The van der Waals surface area contributed by atoms with Gasteiger partial charge in [0.2, 0.25) is 0 Å². The van der Waals surface area contributed by atoms with Crippen molar-refractivity contribution in [2.45, 2.75) is 26.7 Å². The molecule has 0 spiro atoms. The lowest BCUT2D eigenvalue weighted by atomic mass is 10.4. The van der Waals surface area contributed by atoms with Crippen LogP contribution in [0.25, 0.3) is 0 Å². The second kappa shape index (κ2) is 9.62. The molecule has 6 heteroatoms. The molecule has 0 saturated carbocycles. The normalized spacial score (nSPS) is 12.0. The molecule has 0 saturated heterocycles. The monoisotopic (exact) mass is 254 g/mol. The summed E-state index contributed by atoms with van der Waals surface area (Å²) in [5, 5.41) is 0. The van der Waals surface area contributed by atoms with Crippen LogP contribution >= 0.6 is 12.6 Å². The van der Waals surface area contributed by atoms with Crippen molar-refractivity contribution in [1.29, 1.82) is 0 Å². The predicted octanol–water partition coefficient (Wildman–Crippen LogP) is 1.87. The molecule has 0 heterocycles. The summed E-state index contributed by atoms with van der Waals surface area (Å²) in [6.07, 6.45) is 1.97. The van der Waals surface area contributed by atoms with Crippen molar-refractivity contribution >= 4 is 21.7 Å². The fourth-order valence-corrected chi connectivity index (χ4v) is 2.99. The molecule has 0 fully saturated rings. The van der Waals surface area contributed by atoms with Gasteiger partial charge in [0.05, 0.1) is 0 Å². The Kier molecular flexibility index (Phi) is 9.88. The van der Waals surface area contributed by atoms with Crippen molar-refractivity contribution in [3.63, 3.8) is 0 Å². The summed E-state index contributed by atoms with van der Waals surface area (Å²) in [6.45, 7) is 5.47. The Balaban J connectivity index is 3.96. The van der Waals surface area contributed by atoms with E-state index in [1.807, 2.05) is 13.8 Å². The van der Waals surface area contributed by atoms with Crippen molar-refractivity contribution in [1.82, 2.24) is 0 Å². The first kappa shape index (κ1) is 15.4. The van der Waals surface area contributed by atoms with E-state index in [0.29, 0.717) is 19.8 Å². The molecule has 4 nitrogen and oxygen atoms in total. The van der Waals surface area contributed by atoms with E-state index in [9.17, 15) is 0 Å². The maximum atomic E-state index is 5.60. The van der Waals surface area contributed by atoms with Gasteiger partial charge in [-0.2, -0.15) is 12.6 Å². The van der Waals surface area contributed by atoms with E-state index in [0.717, 1.165) is 18.6 Å². The van der Waals surface area contributed by atoms with Gasteiger partial charge in [0.15, 0.2) is 0 Å². The fraction of sp³-hybridized carbons (Fsp3) is 1.00. The standard InChI is InChI=1S/C9H22O4SSi/c1-4-11-15(10-3,12-5-2)13-8-6-7-9-14/h14H,4-9H2,1-3H3. The second-order valence-corrected chi connectivity index (χ2v) is 5.57. The lowest BCUT2D eigenvalue weighted by Gasteiger charge is -2.25. The van der Waals surface area contributed by atoms with Gasteiger partial charge in [-0.3, -0.25) is 0 Å². The second-order valence-electron chi connectivity index (χ2n) is 2.85. The molecule has 0 unspecified atom stereocenters. The number of thiol groups is 1. The van der Waals surface area contributed by atoms with E-state index >= 15 is 0 Å². The van der Waals surface area contributed by atoms with Crippen LogP contribution in [0, 0.1) is 0 Å². The SMILES string of the molecule is CCO[Si](OC)(OCC)OCCCCS. The molecule has 15 heavy (non-hydrogen) atoms. The maximum absolute atomic E-state index is 5.60. The summed E-state index contributed by atoms with van der Waals surface area (Å²) < 4.78 is 21.8. The average Bonchev–Trinajstić information content (AvgIpc) is 2.25. The van der Waals surface area contributed by atoms with Gasteiger partial charge in [-0.15, -0.1) is 0 Å². The van der Waals surface area contributed by atoms with Gasteiger partial charge in [0, 0.05) is 26.9 Å². The highest BCUT2D eigenvalue weighted by molar-refractivity contribution is 7.80. The highest BCUT2D eigenvalue weighted by Gasteiger charge is 2.43. The minimum absolute atomic E-state index is 0.534. The maximum Gasteiger partial charge on any atom is 0.679 e. The fourth-order valence-electron chi connectivity index (χ4n) is 1.07. The molecule has 0 atom stereocenters. The van der Waals surface area contributed by atoms with E-state index in [4.69, 9.17) is 17.7 Å². The molecule has 0 aromatic carbocycles. The third kappa shape index (κ3) is 6.55. The van der Waals surface area contributed by atoms with Crippen LogP contribution in [-0.4, -0.2) is 41.7 Å². The number of hydrogen-bond donors (Lipinski definition) is 1. The third-order valence-corrected chi connectivity index (χ3v) is 4.38. The quantitative estimate of drug-likeness (QED) is 0.367. The zero-order chi connectivity index (χ0) is 11.6. The summed E-state index contributed by atoms with van der Waals surface area (Å²) in [6, 6.07) is 0. The highest BCUT2D eigenvalue weighted by Crippen LogP contribution is 2.11. The molecule has 0 N–H and O–H groups in total. The van der Waals surface area contributed by atoms with Crippen molar-refractivity contribution in [3.05, 3.63) is 0 Å². The molecule has 0 rings (SSSR count). The smallest absolute Gasteiger partial charge is 0.355 e. The highest BCUT2D eigenvalue weighted by atomic mass is 32.1. The van der Waals surface area contributed by atoms with Crippen molar-refractivity contribution in [2.75, 3.05) is 32.7 Å². The Hall–Kier alpha value is 0.407. The van der Waals surface area contributed by atoms with Gasteiger partial charge in [-0.05, 0) is 32.4 Å². The molecule has 92 valence electrons. The Morgan fingerprint density at radius 3 is 2.00 bits per heavy atom. The summed E-state index contributed by atoms with van der Waals surface area (Å²) in [7, 11) is -1.28. The molecule has 0 radical (unpaired) electrons. The van der Waals surface area contributed by atoms with Crippen LogP contribution in [-0.2, 0) is 17.7 Å². The van der Waals surface area contributed by atoms with Crippen LogP contribution in [0.3, 0.4) is 0 Å². The molecule has 0 aliphatic carbocycles. The molecule has 0 bridgehead atoms. The topological polar surface area (TPSA) is 36.9 Å². The van der Waals surface area contributed by atoms with Crippen molar-refractivity contribution in [2.24, 2.45) is 0 Å². The Morgan fingerprint density at radius 2 is 1.60 bits per heavy atom. The van der Waals surface area contributed by atoms with Gasteiger partial charge < -0.3 is 17.7 Å². The van der Waals surface area contributed by atoms with Crippen LogP contribution < -0.4 is 0 Å². The number of hydrogen-bond acceptors (Lipinski definition) is 5. The van der Waals surface area contributed by atoms with Gasteiger partial charge in [-0.25, -0.2) is 0 Å². The van der Waals surface area contributed by atoms with E-state index in [2.05, 4.69) is 12.6 Å². The summed E-state index contributed by atoms with van der Waals surface area (Å²) >= 11 is 4.13. The van der Waals surface area contributed by atoms with Crippen LogP contribution in [0.4, 0.5) is 0 Å². The summed E-state index contributed by atoms with van der Waals surface area (Å²) in [4.78, 5) is 0. The average molecular weight is 254 g/mol. The Labute approximate surface area is 99.1 Å². The molecule has 0 aliphatic rings. The first-order valence-corrected chi connectivity index (χ1v) is 7.59. The van der Waals surface area contributed by atoms with Gasteiger partial charge in [-0.1, -0.05) is 0 Å². The van der Waals surface area contributed by atoms with Crippen LogP contribution in [0.15, 0.2) is 0 Å².